The first-order valence-corrected chi connectivity index (χ1v) is 9.03. The van der Waals surface area contributed by atoms with E-state index in [1.54, 1.807) is 11.7 Å². The zero-order valence-corrected chi connectivity index (χ0v) is 14.8. The fourth-order valence-corrected chi connectivity index (χ4v) is 4.33. The number of hydrogen-bond acceptors (Lipinski definition) is 3. The van der Waals surface area contributed by atoms with Crippen molar-refractivity contribution in [3.63, 3.8) is 0 Å². The molecule has 1 aromatic heterocycles. The molecule has 0 aliphatic carbocycles. The number of nitrogens with one attached hydrogen (secondary N) is 1. The highest BCUT2D eigenvalue weighted by Gasteiger charge is 2.40. The molecule has 5 heteroatoms. The van der Waals surface area contributed by atoms with Crippen LogP contribution in [-0.2, 0) is 0 Å². The van der Waals surface area contributed by atoms with E-state index in [1.165, 1.54) is 25.9 Å². The third kappa shape index (κ3) is 2.93. The van der Waals surface area contributed by atoms with Crippen LogP contribution in [0.1, 0.15) is 19.8 Å². The third-order valence-electron chi connectivity index (χ3n) is 5.81. The number of benzene rings is 1. The van der Waals surface area contributed by atoms with Gasteiger partial charge in [0.15, 0.2) is 0 Å². The summed E-state index contributed by atoms with van der Waals surface area (Å²) >= 11 is 0. The van der Waals surface area contributed by atoms with Gasteiger partial charge in [-0.3, -0.25) is 9.47 Å². The van der Waals surface area contributed by atoms with E-state index in [2.05, 4.69) is 17.1 Å². The fourth-order valence-electron chi connectivity index (χ4n) is 4.33. The number of hydrogen-bond donors (Lipinski definition) is 1. The number of amides is 1. The molecule has 0 saturated carbocycles. The molecule has 132 valence electrons. The first kappa shape index (κ1) is 16.2. The minimum atomic E-state index is -0.0493. The lowest BCUT2D eigenvalue weighted by atomic mass is 9.79. The quantitative estimate of drug-likeness (QED) is 0.934. The van der Waals surface area contributed by atoms with Crippen LogP contribution in [0.4, 0.5) is 4.79 Å². The molecular weight excluding hydrogens is 314 g/mol. The molecule has 1 N–H and O–H groups in total. The predicted octanol–water partition coefficient (Wildman–Crippen LogP) is 3.20. The SMILES string of the molecule is COc1ccccc1-c1ccn(C(=O)N[C@@H]2C3CCN(CC3)[C@@H]2C)c1. The van der Waals surface area contributed by atoms with Crippen LogP contribution < -0.4 is 10.1 Å². The lowest BCUT2D eigenvalue weighted by Crippen LogP contribution is -2.62. The van der Waals surface area contributed by atoms with Gasteiger partial charge in [0.05, 0.1) is 7.11 Å². The lowest BCUT2D eigenvalue weighted by Gasteiger charge is -2.49. The van der Waals surface area contributed by atoms with Gasteiger partial charge in [0.1, 0.15) is 5.75 Å². The number of ether oxygens (including phenoxy) is 1. The normalized spacial score (nSPS) is 27.9. The summed E-state index contributed by atoms with van der Waals surface area (Å²) in [5.74, 6) is 1.42. The number of fused-ring (bicyclic) bond motifs is 3. The zero-order valence-electron chi connectivity index (χ0n) is 14.8. The molecule has 5 nitrogen and oxygen atoms in total. The van der Waals surface area contributed by atoms with Crippen LogP contribution in [0.25, 0.3) is 11.1 Å². The van der Waals surface area contributed by atoms with Crippen molar-refractivity contribution in [3.05, 3.63) is 42.7 Å². The smallest absolute Gasteiger partial charge is 0.325 e. The molecule has 25 heavy (non-hydrogen) atoms. The summed E-state index contributed by atoms with van der Waals surface area (Å²) in [5.41, 5.74) is 1.97. The summed E-state index contributed by atoms with van der Waals surface area (Å²) in [6.45, 7) is 4.56. The van der Waals surface area contributed by atoms with E-state index in [-0.39, 0.29) is 12.1 Å². The van der Waals surface area contributed by atoms with E-state index < -0.39 is 0 Å². The van der Waals surface area contributed by atoms with Gasteiger partial charge in [-0.05, 0) is 50.9 Å². The molecule has 5 rings (SSSR count). The highest BCUT2D eigenvalue weighted by molar-refractivity contribution is 5.80. The predicted molar refractivity (Wildman–Crippen MR) is 97.9 cm³/mol. The van der Waals surface area contributed by atoms with Crippen molar-refractivity contribution < 1.29 is 9.53 Å². The van der Waals surface area contributed by atoms with Gasteiger partial charge in [-0.2, -0.15) is 0 Å². The van der Waals surface area contributed by atoms with E-state index in [0.717, 1.165) is 16.9 Å². The molecule has 0 radical (unpaired) electrons. The van der Waals surface area contributed by atoms with Gasteiger partial charge in [0, 0.05) is 35.6 Å². The fraction of sp³-hybridized carbons (Fsp3) is 0.450. The molecular formula is C20H25N3O2. The standard InChI is InChI=1S/C20H25N3O2/c1-14-19(15-7-10-22(14)11-8-15)21-20(24)23-12-9-16(13-23)17-5-3-4-6-18(17)25-2/h3-6,9,12-15,19H,7-8,10-11H2,1-2H3,(H,21,24)/t14-,19+/m1/s1. The number of rotatable bonds is 3. The summed E-state index contributed by atoms with van der Waals surface area (Å²) in [6.07, 6.45) is 6.07. The maximum atomic E-state index is 12.7. The first-order chi connectivity index (χ1) is 12.2. The number of nitrogens with zero attached hydrogens (tertiary/aromatic N) is 2. The van der Waals surface area contributed by atoms with Crippen molar-refractivity contribution in [2.24, 2.45) is 5.92 Å². The average molecular weight is 339 g/mol. The molecule has 3 aliphatic heterocycles. The van der Waals surface area contributed by atoms with Gasteiger partial charge in [-0.25, -0.2) is 4.79 Å². The maximum absolute atomic E-state index is 12.7. The van der Waals surface area contributed by atoms with Gasteiger partial charge in [-0.1, -0.05) is 18.2 Å². The molecule has 1 amide bonds. The monoisotopic (exact) mass is 339 g/mol. The number of piperidine rings is 3. The van der Waals surface area contributed by atoms with Crippen LogP contribution >= 0.6 is 0 Å². The molecule has 0 unspecified atom stereocenters. The molecule has 2 aromatic rings. The Bertz CT molecular complexity index is 760. The van der Waals surface area contributed by atoms with E-state index in [0.29, 0.717) is 12.0 Å². The second kappa shape index (κ2) is 6.56. The molecule has 3 aliphatic rings. The lowest BCUT2D eigenvalue weighted by molar-refractivity contribution is 0.0267. The topological polar surface area (TPSA) is 46.5 Å². The van der Waals surface area contributed by atoms with Crippen molar-refractivity contribution in [2.45, 2.75) is 31.8 Å². The highest BCUT2D eigenvalue weighted by Crippen LogP contribution is 2.32. The van der Waals surface area contributed by atoms with Crippen LogP contribution in [0.3, 0.4) is 0 Å². The molecule has 3 fully saturated rings. The number of carbonyl (C=O) groups is 1. The summed E-state index contributed by atoms with van der Waals surface area (Å²) in [5, 5.41) is 3.26. The summed E-state index contributed by atoms with van der Waals surface area (Å²) in [6, 6.07) is 10.4. The Hall–Kier alpha value is -2.27. The van der Waals surface area contributed by atoms with Gasteiger partial charge in [0.2, 0.25) is 0 Å². The van der Waals surface area contributed by atoms with Crippen LogP contribution in [0.2, 0.25) is 0 Å². The third-order valence-corrected chi connectivity index (χ3v) is 5.81. The minimum absolute atomic E-state index is 0.0493. The number of methoxy groups -OCH3 is 1. The Morgan fingerprint density at radius 1 is 1.20 bits per heavy atom. The van der Waals surface area contributed by atoms with E-state index in [9.17, 15) is 4.79 Å². The number of aromatic nitrogens is 1. The van der Waals surface area contributed by atoms with Gasteiger partial charge >= 0.3 is 6.03 Å². The molecule has 4 heterocycles. The molecule has 0 spiro atoms. The van der Waals surface area contributed by atoms with Crippen LogP contribution in [-0.4, -0.2) is 47.8 Å². The largest absolute Gasteiger partial charge is 0.496 e. The first-order valence-electron chi connectivity index (χ1n) is 9.03. The van der Waals surface area contributed by atoms with Gasteiger partial charge < -0.3 is 10.1 Å². The summed E-state index contributed by atoms with van der Waals surface area (Å²) in [7, 11) is 1.66. The van der Waals surface area contributed by atoms with Crippen LogP contribution in [0.15, 0.2) is 42.7 Å². The number of carbonyl (C=O) groups excluding carboxylic acids is 1. The van der Waals surface area contributed by atoms with Gasteiger partial charge in [-0.15, -0.1) is 0 Å². The van der Waals surface area contributed by atoms with Crippen LogP contribution in [0.5, 0.6) is 5.75 Å². The van der Waals surface area contributed by atoms with Crippen molar-refractivity contribution in [3.8, 4) is 16.9 Å². The highest BCUT2D eigenvalue weighted by atomic mass is 16.5. The van der Waals surface area contributed by atoms with Crippen molar-refractivity contribution >= 4 is 6.03 Å². The Balaban J connectivity index is 1.51. The van der Waals surface area contributed by atoms with Gasteiger partial charge in [0.25, 0.3) is 0 Å². The van der Waals surface area contributed by atoms with Crippen LogP contribution in [0, 0.1) is 5.92 Å². The van der Waals surface area contributed by atoms with E-state index >= 15 is 0 Å². The average Bonchev–Trinajstić information content (AvgIpc) is 3.15. The van der Waals surface area contributed by atoms with Crippen molar-refractivity contribution in [1.82, 2.24) is 14.8 Å². The second-order valence-corrected chi connectivity index (χ2v) is 7.10. The minimum Gasteiger partial charge on any atom is -0.496 e. The second-order valence-electron chi connectivity index (χ2n) is 7.10. The Kier molecular flexibility index (Phi) is 4.25. The van der Waals surface area contributed by atoms with Crippen molar-refractivity contribution in [1.29, 1.82) is 0 Å². The Labute approximate surface area is 148 Å². The number of para-hydroxylation sites is 1. The Morgan fingerprint density at radius 3 is 2.68 bits per heavy atom. The maximum Gasteiger partial charge on any atom is 0.325 e. The molecule has 1 aromatic carbocycles. The van der Waals surface area contributed by atoms with Crippen molar-refractivity contribution in [2.75, 3.05) is 20.2 Å². The van der Waals surface area contributed by atoms with E-state index in [4.69, 9.17) is 4.74 Å². The molecule has 2 atom stereocenters. The molecule has 3 saturated heterocycles. The zero-order chi connectivity index (χ0) is 17.4. The molecule has 2 bridgehead atoms. The van der Waals surface area contributed by atoms with E-state index in [1.807, 2.05) is 42.7 Å². The Morgan fingerprint density at radius 2 is 1.96 bits per heavy atom. The summed E-state index contributed by atoms with van der Waals surface area (Å²) < 4.78 is 7.07. The summed E-state index contributed by atoms with van der Waals surface area (Å²) in [4.78, 5) is 15.2.